The zero-order valence-corrected chi connectivity index (χ0v) is 12.2. The largest absolute Gasteiger partial charge is 0.371 e. The number of benzene rings is 1. The monoisotopic (exact) mass is 252 g/mol. The third-order valence-corrected chi connectivity index (χ3v) is 3.97. The first-order chi connectivity index (χ1) is 8.13. The van der Waals surface area contributed by atoms with Crippen LogP contribution in [0, 0.1) is 6.92 Å². The van der Waals surface area contributed by atoms with Crippen molar-refractivity contribution < 1.29 is 0 Å². The van der Waals surface area contributed by atoms with Crippen molar-refractivity contribution in [1.29, 1.82) is 0 Å². The number of hydrogen-bond acceptors (Lipinski definition) is 3. The molecule has 1 aromatic rings. The molecule has 1 atom stereocenters. The summed E-state index contributed by atoms with van der Waals surface area (Å²) < 4.78 is 0. The predicted molar refractivity (Wildman–Crippen MR) is 79.9 cm³/mol. The summed E-state index contributed by atoms with van der Waals surface area (Å²) in [5.74, 6) is 1.17. The molecule has 0 bridgehead atoms. The van der Waals surface area contributed by atoms with E-state index in [1.165, 1.54) is 29.0 Å². The highest BCUT2D eigenvalue weighted by Crippen LogP contribution is 2.24. The maximum Gasteiger partial charge on any atom is 0.0396 e. The smallest absolute Gasteiger partial charge is 0.0396 e. The van der Waals surface area contributed by atoms with Crippen LogP contribution < -0.4 is 10.6 Å². The Morgan fingerprint density at radius 2 is 2.12 bits per heavy atom. The van der Waals surface area contributed by atoms with Gasteiger partial charge >= 0.3 is 0 Å². The summed E-state index contributed by atoms with van der Waals surface area (Å²) in [6.07, 6.45) is 3.34. The first-order valence-corrected chi connectivity index (χ1v) is 7.54. The summed E-state index contributed by atoms with van der Waals surface area (Å²) >= 11 is 1.91. The van der Waals surface area contributed by atoms with Gasteiger partial charge in [0, 0.05) is 31.1 Å². The zero-order valence-electron chi connectivity index (χ0n) is 11.4. The Morgan fingerprint density at radius 1 is 1.41 bits per heavy atom. The molecule has 0 aliphatic carbocycles. The van der Waals surface area contributed by atoms with Crippen LogP contribution in [0.2, 0.25) is 0 Å². The van der Waals surface area contributed by atoms with Crippen molar-refractivity contribution in [3.05, 3.63) is 29.3 Å². The van der Waals surface area contributed by atoms with Gasteiger partial charge in [-0.2, -0.15) is 11.8 Å². The third-order valence-electron chi connectivity index (χ3n) is 3.25. The molecule has 2 nitrogen and oxygen atoms in total. The van der Waals surface area contributed by atoms with Crippen molar-refractivity contribution in [3.63, 3.8) is 0 Å². The quantitative estimate of drug-likeness (QED) is 0.844. The minimum atomic E-state index is 0.604. The lowest BCUT2D eigenvalue weighted by molar-refractivity contribution is 0.671. The van der Waals surface area contributed by atoms with Crippen LogP contribution in [0.3, 0.4) is 0 Å². The molecular weight excluding hydrogens is 228 g/mol. The van der Waals surface area contributed by atoms with Crippen LogP contribution in [-0.4, -0.2) is 25.1 Å². The van der Waals surface area contributed by atoms with Crippen molar-refractivity contribution in [2.45, 2.75) is 32.9 Å². The fraction of sp³-hybridized carbons (Fsp3) is 0.571. The molecule has 0 fully saturated rings. The molecule has 0 heterocycles. The van der Waals surface area contributed by atoms with Crippen molar-refractivity contribution in [1.82, 2.24) is 0 Å². The number of thioether (sulfide) groups is 1. The Hall–Kier alpha value is -0.670. The molecular formula is C14H24N2S. The summed E-state index contributed by atoms with van der Waals surface area (Å²) in [4.78, 5) is 2.39. The molecule has 0 aliphatic heterocycles. The highest BCUT2D eigenvalue weighted by molar-refractivity contribution is 7.98. The predicted octanol–water partition coefficient (Wildman–Crippen LogP) is 3.03. The Balaban J connectivity index is 2.90. The van der Waals surface area contributed by atoms with Gasteiger partial charge in [0.2, 0.25) is 0 Å². The maximum atomic E-state index is 5.66. The fourth-order valence-corrected chi connectivity index (χ4v) is 2.98. The Labute approximate surface area is 110 Å². The van der Waals surface area contributed by atoms with Gasteiger partial charge in [0.15, 0.2) is 0 Å². The summed E-state index contributed by atoms with van der Waals surface area (Å²) in [7, 11) is 2.19. The standard InChI is InChI=1S/C14H24N2S/c1-5-13(10-17-4)16(3)14-7-6-12(9-15)8-11(14)2/h6-8,13H,5,9-10,15H2,1-4H3. The van der Waals surface area contributed by atoms with Crippen LogP contribution in [0.25, 0.3) is 0 Å². The number of hydrogen-bond donors (Lipinski definition) is 1. The van der Waals surface area contributed by atoms with Crippen molar-refractivity contribution in [2.75, 3.05) is 24.0 Å². The third kappa shape index (κ3) is 3.65. The van der Waals surface area contributed by atoms with E-state index in [4.69, 9.17) is 5.73 Å². The number of nitrogens with zero attached hydrogens (tertiary/aromatic N) is 1. The van der Waals surface area contributed by atoms with E-state index in [0.717, 1.165) is 0 Å². The summed E-state index contributed by atoms with van der Waals surface area (Å²) in [5, 5.41) is 0. The Morgan fingerprint density at radius 3 is 2.59 bits per heavy atom. The lowest BCUT2D eigenvalue weighted by Gasteiger charge is -2.30. The number of nitrogens with two attached hydrogens (primary N) is 1. The summed E-state index contributed by atoms with van der Waals surface area (Å²) in [6, 6.07) is 7.12. The normalized spacial score (nSPS) is 12.5. The van der Waals surface area contributed by atoms with Crippen LogP contribution in [0.1, 0.15) is 24.5 Å². The number of anilines is 1. The van der Waals surface area contributed by atoms with Gasteiger partial charge in [-0.05, 0) is 36.8 Å². The van der Waals surface area contributed by atoms with Gasteiger partial charge in [-0.3, -0.25) is 0 Å². The van der Waals surface area contributed by atoms with E-state index >= 15 is 0 Å². The number of rotatable bonds is 6. The lowest BCUT2D eigenvalue weighted by atomic mass is 10.1. The second-order valence-corrected chi connectivity index (χ2v) is 5.36. The van der Waals surface area contributed by atoms with Gasteiger partial charge < -0.3 is 10.6 Å². The molecule has 0 aliphatic rings. The molecule has 0 saturated carbocycles. The molecule has 3 heteroatoms. The second-order valence-electron chi connectivity index (χ2n) is 4.45. The van der Waals surface area contributed by atoms with Crippen molar-refractivity contribution in [3.8, 4) is 0 Å². The van der Waals surface area contributed by atoms with Crippen LogP contribution in [0.15, 0.2) is 18.2 Å². The van der Waals surface area contributed by atoms with E-state index in [9.17, 15) is 0 Å². The highest BCUT2D eigenvalue weighted by atomic mass is 32.2. The van der Waals surface area contributed by atoms with Crippen LogP contribution in [0.4, 0.5) is 5.69 Å². The van der Waals surface area contributed by atoms with Crippen LogP contribution in [-0.2, 0) is 6.54 Å². The van der Waals surface area contributed by atoms with Gasteiger partial charge in [0.1, 0.15) is 0 Å². The van der Waals surface area contributed by atoms with E-state index < -0.39 is 0 Å². The molecule has 96 valence electrons. The van der Waals surface area contributed by atoms with Gasteiger partial charge in [0.05, 0.1) is 0 Å². The van der Waals surface area contributed by atoms with Gasteiger partial charge in [0.25, 0.3) is 0 Å². The molecule has 17 heavy (non-hydrogen) atoms. The average Bonchev–Trinajstić information content (AvgIpc) is 2.35. The van der Waals surface area contributed by atoms with Crippen LogP contribution in [0.5, 0.6) is 0 Å². The summed E-state index contributed by atoms with van der Waals surface area (Å²) in [5.41, 5.74) is 9.50. The second kappa shape index (κ2) is 6.92. The topological polar surface area (TPSA) is 29.3 Å². The molecule has 0 saturated heterocycles. The Bertz CT molecular complexity index is 352. The molecule has 0 amide bonds. The molecule has 0 aromatic heterocycles. The molecule has 1 aromatic carbocycles. The lowest BCUT2D eigenvalue weighted by Crippen LogP contribution is -2.33. The highest BCUT2D eigenvalue weighted by Gasteiger charge is 2.14. The minimum Gasteiger partial charge on any atom is -0.371 e. The zero-order chi connectivity index (χ0) is 12.8. The first-order valence-electron chi connectivity index (χ1n) is 6.15. The molecule has 1 rings (SSSR count). The van der Waals surface area contributed by atoms with Crippen LogP contribution >= 0.6 is 11.8 Å². The fourth-order valence-electron chi connectivity index (χ4n) is 2.13. The van der Waals surface area contributed by atoms with Crippen molar-refractivity contribution in [2.24, 2.45) is 5.73 Å². The minimum absolute atomic E-state index is 0.604. The van der Waals surface area contributed by atoms with Gasteiger partial charge in [-0.15, -0.1) is 0 Å². The molecule has 0 radical (unpaired) electrons. The number of aryl methyl sites for hydroxylation is 1. The maximum absolute atomic E-state index is 5.66. The van der Waals surface area contributed by atoms with E-state index in [1.54, 1.807) is 0 Å². The molecule has 1 unspecified atom stereocenters. The Kier molecular flexibility index (Phi) is 5.86. The van der Waals surface area contributed by atoms with E-state index in [2.05, 4.69) is 50.2 Å². The van der Waals surface area contributed by atoms with Gasteiger partial charge in [-0.25, -0.2) is 0 Å². The van der Waals surface area contributed by atoms with E-state index in [0.29, 0.717) is 12.6 Å². The van der Waals surface area contributed by atoms with Gasteiger partial charge in [-0.1, -0.05) is 19.1 Å². The summed E-state index contributed by atoms with van der Waals surface area (Å²) in [6.45, 7) is 5.03. The first kappa shape index (κ1) is 14.4. The molecule has 2 N–H and O–H groups in total. The average molecular weight is 252 g/mol. The SMILES string of the molecule is CCC(CSC)N(C)c1ccc(CN)cc1C. The van der Waals surface area contributed by atoms with Crippen molar-refractivity contribution >= 4 is 17.4 Å². The molecule has 0 spiro atoms. The van der Waals surface area contributed by atoms with E-state index in [-0.39, 0.29) is 0 Å². The van der Waals surface area contributed by atoms with E-state index in [1.807, 2.05) is 11.8 Å².